The smallest absolute Gasteiger partial charge is 0.0233 e. The summed E-state index contributed by atoms with van der Waals surface area (Å²) >= 11 is 0. The van der Waals surface area contributed by atoms with Crippen molar-refractivity contribution in [1.29, 1.82) is 0 Å². The van der Waals surface area contributed by atoms with Crippen molar-refractivity contribution in [1.82, 2.24) is 9.57 Å². The summed E-state index contributed by atoms with van der Waals surface area (Å²) in [5, 5.41) is 0. The lowest BCUT2D eigenvalue weighted by Crippen LogP contribution is -2.39. The molecule has 0 N–H and O–H groups in total. The molecule has 2 aliphatic rings. The van der Waals surface area contributed by atoms with E-state index in [1.54, 1.807) is 0 Å². The first-order chi connectivity index (χ1) is 11.0. The van der Waals surface area contributed by atoms with Gasteiger partial charge in [0.15, 0.2) is 0 Å². The van der Waals surface area contributed by atoms with Crippen LogP contribution in [0, 0.1) is 11.8 Å². The van der Waals surface area contributed by atoms with Crippen molar-refractivity contribution in [2.45, 2.75) is 52.7 Å². The summed E-state index contributed by atoms with van der Waals surface area (Å²) in [4.78, 5) is 2.70. The van der Waals surface area contributed by atoms with Crippen LogP contribution >= 0.6 is 8.07 Å². The van der Waals surface area contributed by atoms with Crippen LogP contribution in [-0.2, 0) is 6.54 Å². The Bertz CT molecular complexity index is 480. The maximum atomic E-state index is 2.83. The molecule has 0 spiro atoms. The summed E-state index contributed by atoms with van der Waals surface area (Å²) in [6, 6.07) is 12.4. The molecular formula is C20H33N2P. The van der Waals surface area contributed by atoms with Crippen molar-refractivity contribution >= 4 is 8.07 Å². The maximum absolute atomic E-state index is 2.83. The van der Waals surface area contributed by atoms with E-state index in [4.69, 9.17) is 0 Å². The average molecular weight is 332 g/mol. The average Bonchev–Trinajstić information content (AvgIpc) is 2.89. The summed E-state index contributed by atoms with van der Waals surface area (Å²) in [7, 11) is 0.0906. The number of hydrogen-bond acceptors (Lipinski definition) is 2. The number of benzene rings is 1. The first-order valence-corrected chi connectivity index (χ1v) is 11.0. The zero-order chi connectivity index (χ0) is 16.4. The molecule has 3 atom stereocenters. The molecule has 0 aliphatic carbocycles. The molecule has 2 nitrogen and oxygen atoms in total. The molecule has 2 fully saturated rings. The molecule has 0 bridgehead atoms. The quantitative estimate of drug-likeness (QED) is 0.724. The third-order valence-corrected chi connectivity index (χ3v) is 8.86. The van der Waals surface area contributed by atoms with Crippen LogP contribution in [0.2, 0.25) is 0 Å². The summed E-state index contributed by atoms with van der Waals surface area (Å²) in [5.74, 6) is 1.94. The number of piperidine rings is 1. The minimum Gasteiger partial charge on any atom is -0.299 e. The standard InChI is InChI=1S/C20H33N2P/c1-16(2)22(17(3)4)23-14-19-10-11-21(13-20(19)15-23)12-18-8-6-5-7-9-18/h5-9,16-17,19-20H,10-15H2,1-4H3. The van der Waals surface area contributed by atoms with Crippen molar-refractivity contribution in [3.05, 3.63) is 35.9 Å². The number of likely N-dealkylation sites (tertiary alicyclic amines) is 1. The number of nitrogens with zero attached hydrogens (tertiary/aromatic N) is 2. The fourth-order valence-corrected chi connectivity index (χ4v) is 8.45. The highest BCUT2D eigenvalue weighted by Crippen LogP contribution is 2.55. The highest BCUT2D eigenvalue weighted by atomic mass is 31.1. The predicted molar refractivity (Wildman–Crippen MR) is 102 cm³/mol. The highest BCUT2D eigenvalue weighted by Gasteiger charge is 2.41. The van der Waals surface area contributed by atoms with Crippen molar-refractivity contribution in [2.75, 3.05) is 25.4 Å². The molecule has 128 valence electrons. The van der Waals surface area contributed by atoms with Gasteiger partial charge in [-0.2, -0.15) is 0 Å². The second-order valence-corrected chi connectivity index (χ2v) is 10.2. The van der Waals surface area contributed by atoms with Gasteiger partial charge >= 0.3 is 0 Å². The van der Waals surface area contributed by atoms with Crippen LogP contribution in [0.5, 0.6) is 0 Å². The van der Waals surface area contributed by atoms with Gasteiger partial charge in [-0.05, 0) is 78.5 Å². The summed E-state index contributed by atoms with van der Waals surface area (Å²) in [6.07, 6.45) is 4.39. The zero-order valence-corrected chi connectivity index (χ0v) is 16.2. The molecule has 1 aromatic rings. The Hall–Kier alpha value is -0.430. The lowest BCUT2D eigenvalue weighted by molar-refractivity contribution is 0.142. The van der Waals surface area contributed by atoms with E-state index < -0.39 is 0 Å². The molecule has 3 heteroatoms. The van der Waals surface area contributed by atoms with Gasteiger partial charge in [-0.1, -0.05) is 30.3 Å². The summed E-state index contributed by atoms with van der Waals surface area (Å²) in [6.45, 7) is 13.3. The van der Waals surface area contributed by atoms with Crippen LogP contribution in [0.1, 0.15) is 39.7 Å². The molecule has 0 radical (unpaired) electrons. The Labute approximate surface area is 144 Å². The van der Waals surface area contributed by atoms with Gasteiger partial charge in [0.2, 0.25) is 0 Å². The van der Waals surface area contributed by atoms with E-state index >= 15 is 0 Å². The van der Waals surface area contributed by atoms with E-state index in [1.165, 1.54) is 37.4 Å². The first kappa shape index (κ1) is 17.4. The third-order valence-electron chi connectivity index (χ3n) is 5.50. The highest BCUT2D eigenvalue weighted by molar-refractivity contribution is 7.55. The van der Waals surface area contributed by atoms with Crippen molar-refractivity contribution in [2.24, 2.45) is 11.8 Å². The van der Waals surface area contributed by atoms with Gasteiger partial charge in [-0.15, -0.1) is 0 Å². The molecule has 3 rings (SSSR count). The number of rotatable bonds is 5. The minimum atomic E-state index is 0.0906. The molecule has 23 heavy (non-hydrogen) atoms. The molecule has 0 amide bonds. The largest absolute Gasteiger partial charge is 0.299 e. The number of fused-ring (bicyclic) bond motifs is 1. The molecular weight excluding hydrogens is 299 g/mol. The molecule has 2 saturated heterocycles. The summed E-state index contributed by atoms with van der Waals surface area (Å²) in [5.41, 5.74) is 1.47. The van der Waals surface area contributed by atoms with Crippen LogP contribution in [-0.4, -0.2) is 47.1 Å². The lowest BCUT2D eigenvalue weighted by atomic mass is 9.88. The van der Waals surface area contributed by atoms with Gasteiger partial charge in [0.25, 0.3) is 0 Å². The van der Waals surface area contributed by atoms with E-state index in [0.717, 1.165) is 18.4 Å². The van der Waals surface area contributed by atoms with E-state index in [0.29, 0.717) is 12.1 Å². The fourth-order valence-electron chi connectivity index (χ4n) is 4.64. The zero-order valence-electron chi connectivity index (χ0n) is 15.3. The Kier molecular flexibility index (Phi) is 5.78. The van der Waals surface area contributed by atoms with Crippen LogP contribution in [0.25, 0.3) is 0 Å². The Morgan fingerprint density at radius 3 is 2.35 bits per heavy atom. The fraction of sp³-hybridized carbons (Fsp3) is 0.700. The van der Waals surface area contributed by atoms with Gasteiger partial charge in [-0.25, -0.2) is 0 Å². The Morgan fingerprint density at radius 2 is 1.70 bits per heavy atom. The van der Waals surface area contributed by atoms with Gasteiger partial charge in [0.05, 0.1) is 0 Å². The molecule has 0 aromatic heterocycles. The van der Waals surface area contributed by atoms with Crippen molar-refractivity contribution in [3.8, 4) is 0 Å². The third kappa shape index (κ3) is 4.16. The van der Waals surface area contributed by atoms with Gasteiger partial charge < -0.3 is 0 Å². The van der Waals surface area contributed by atoms with E-state index in [-0.39, 0.29) is 8.07 Å². The van der Waals surface area contributed by atoms with Crippen LogP contribution in [0.3, 0.4) is 0 Å². The maximum Gasteiger partial charge on any atom is 0.0233 e. The molecule has 2 aliphatic heterocycles. The minimum absolute atomic E-state index is 0.0906. The van der Waals surface area contributed by atoms with Crippen molar-refractivity contribution < 1.29 is 0 Å². The SMILES string of the molecule is CC(C)N(C(C)C)P1CC2CCN(Cc3ccccc3)CC2C1. The van der Waals surface area contributed by atoms with Gasteiger partial charge in [-0.3, -0.25) is 9.57 Å². The summed E-state index contributed by atoms with van der Waals surface area (Å²) < 4.78 is 2.83. The van der Waals surface area contributed by atoms with Crippen LogP contribution in [0.15, 0.2) is 30.3 Å². The predicted octanol–water partition coefficient (Wildman–Crippen LogP) is 4.65. The molecule has 3 unspecified atom stereocenters. The Balaban J connectivity index is 1.59. The first-order valence-electron chi connectivity index (χ1n) is 9.34. The lowest BCUT2D eigenvalue weighted by Gasteiger charge is -2.36. The number of hydrogen-bond donors (Lipinski definition) is 0. The van der Waals surface area contributed by atoms with Gasteiger partial charge in [0, 0.05) is 25.2 Å². The van der Waals surface area contributed by atoms with Gasteiger partial charge in [0.1, 0.15) is 0 Å². The molecule has 1 aromatic carbocycles. The second-order valence-electron chi connectivity index (χ2n) is 7.97. The van der Waals surface area contributed by atoms with E-state index in [1.807, 2.05) is 0 Å². The van der Waals surface area contributed by atoms with E-state index in [2.05, 4.69) is 67.6 Å². The second kappa shape index (κ2) is 7.64. The Morgan fingerprint density at radius 1 is 1.04 bits per heavy atom. The monoisotopic (exact) mass is 332 g/mol. The van der Waals surface area contributed by atoms with Crippen LogP contribution < -0.4 is 0 Å². The normalized spacial score (nSPS) is 28.7. The van der Waals surface area contributed by atoms with Crippen molar-refractivity contribution in [3.63, 3.8) is 0 Å². The van der Waals surface area contributed by atoms with E-state index in [9.17, 15) is 0 Å². The topological polar surface area (TPSA) is 6.48 Å². The molecule has 2 heterocycles. The molecule has 0 saturated carbocycles. The van der Waals surface area contributed by atoms with Crippen LogP contribution in [0.4, 0.5) is 0 Å².